The van der Waals surface area contributed by atoms with Gasteiger partial charge in [0, 0.05) is 13.0 Å². The molecular formula is C8H8O. The Morgan fingerprint density at radius 1 is 1.56 bits per heavy atom. The summed E-state index contributed by atoms with van der Waals surface area (Å²) in [6.45, 7) is 3.27. The summed E-state index contributed by atoms with van der Waals surface area (Å²) >= 11 is 0. The maximum absolute atomic E-state index is 10.2. The minimum absolute atomic E-state index is 0.121. The van der Waals surface area contributed by atoms with Crippen LogP contribution in [0.15, 0.2) is 17.9 Å². The van der Waals surface area contributed by atoms with E-state index in [-0.39, 0.29) is 5.78 Å². The molecule has 0 aliphatic carbocycles. The van der Waals surface area contributed by atoms with Crippen LogP contribution in [0.3, 0.4) is 0 Å². The Morgan fingerprint density at radius 2 is 2.22 bits per heavy atom. The van der Waals surface area contributed by atoms with Crippen LogP contribution in [0.4, 0.5) is 0 Å². The molecule has 0 bridgehead atoms. The van der Waals surface area contributed by atoms with Gasteiger partial charge in [-0.2, -0.15) is 0 Å². The van der Waals surface area contributed by atoms with E-state index < -0.39 is 0 Å². The van der Waals surface area contributed by atoms with Crippen molar-refractivity contribution in [3.05, 3.63) is 17.9 Å². The quantitative estimate of drug-likeness (QED) is 0.267. The van der Waals surface area contributed by atoms with E-state index in [1.54, 1.807) is 6.08 Å². The monoisotopic (exact) mass is 120 g/mol. The van der Waals surface area contributed by atoms with Crippen molar-refractivity contribution in [2.45, 2.75) is 13.8 Å². The van der Waals surface area contributed by atoms with Gasteiger partial charge in [-0.1, -0.05) is 5.92 Å². The molecule has 0 unspecified atom stereocenters. The summed E-state index contributed by atoms with van der Waals surface area (Å²) in [5, 5.41) is 0. The lowest BCUT2D eigenvalue weighted by Crippen LogP contribution is -1.78. The predicted octanol–water partition coefficient (Wildman–Crippen LogP) is 1.31. The molecule has 9 heavy (non-hydrogen) atoms. The second-order valence-electron chi connectivity index (χ2n) is 1.43. The molecule has 0 rings (SSSR count). The number of rotatable bonds is 0. The molecule has 0 N–H and O–H groups in total. The molecule has 0 heterocycles. The van der Waals surface area contributed by atoms with Gasteiger partial charge in [-0.05, 0) is 18.9 Å². The molecule has 0 aromatic rings. The van der Waals surface area contributed by atoms with Gasteiger partial charge in [0.25, 0.3) is 0 Å². The van der Waals surface area contributed by atoms with Crippen LogP contribution in [0.5, 0.6) is 0 Å². The van der Waals surface area contributed by atoms with Gasteiger partial charge >= 0.3 is 0 Å². The van der Waals surface area contributed by atoms with Crippen LogP contribution in [0.1, 0.15) is 13.8 Å². The van der Waals surface area contributed by atoms with Gasteiger partial charge in [0.15, 0.2) is 0 Å². The van der Waals surface area contributed by atoms with Crippen LogP contribution < -0.4 is 0 Å². The zero-order chi connectivity index (χ0) is 7.11. The molecule has 0 saturated heterocycles. The van der Waals surface area contributed by atoms with E-state index in [1.807, 2.05) is 6.92 Å². The van der Waals surface area contributed by atoms with Crippen LogP contribution in [0.25, 0.3) is 0 Å². The van der Waals surface area contributed by atoms with Crippen LogP contribution in [-0.4, -0.2) is 5.78 Å². The molecule has 0 atom stereocenters. The average molecular weight is 120 g/mol. The van der Waals surface area contributed by atoms with Crippen molar-refractivity contribution < 1.29 is 4.79 Å². The average Bonchev–Trinajstić information content (AvgIpc) is 1.80. The van der Waals surface area contributed by atoms with E-state index in [2.05, 4.69) is 17.6 Å². The molecular weight excluding hydrogens is 112 g/mol. The lowest BCUT2D eigenvalue weighted by Gasteiger charge is -1.64. The summed E-state index contributed by atoms with van der Waals surface area (Å²) in [7, 11) is 0. The second kappa shape index (κ2) is 4.90. The molecule has 0 aromatic carbocycles. The minimum atomic E-state index is -0.121. The Morgan fingerprint density at radius 3 is 2.67 bits per heavy atom. The van der Waals surface area contributed by atoms with E-state index in [4.69, 9.17) is 0 Å². The van der Waals surface area contributed by atoms with Gasteiger partial charge < -0.3 is 0 Å². The lowest BCUT2D eigenvalue weighted by atomic mass is 10.4. The number of Topliss-reactive ketones (excluding diaryl/α,β-unsaturated/α-hetero) is 1. The summed E-state index contributed by atoms with van der Waals surface area (Å²) in [5.74, 6) is 4.75. The first-order valence-electron chi connectivity index (χ1n) is 2.65. The van der Waals surface area contributed by atoms with Crippen molar-refractivity contribution in [1.29, 1.82) is 0 Å². The highest BCUT2D eigenvalue weighted by molar-refractivity contribution is 5.93. The Hall–Kier alpha value is -1.25. The molecule has 1 heteroatoms. The minimum Gasteiger partial charge on any atom is -0.285 e. The molecule has 0 aliphatic rings. The summed E-state index contributed by atoms with van der Waals surface area (Å²) in [6, 6.07) is 0. The topological polar surface area (TPSA) is 17.1 Å². The Bertz CT molecular complexity index is 206. The highest BCUT2D eigenvalue weighted by atomic mass is 16.1. The van der Waals surface area contributed by atoms with E-state index in [9.17, 15) is 4.79 Å². The first-order valence-corrected chi connectivity index (χ1v) is 2.65. The first-order chi connectivity index (χ1) is 4.27. The fourth-order valence-electron chi connectivity index (χ4n) is 0.263. The molecule has 0 saturated carbocycles. The molecule has 0 fully saturated rings. The largest absolute Gasteiger partial charge is 0.285 e. The standard InChI is InChI=1S/C8H8O/c1-3-4-5-6-7-8(2)9/h3,5H,1-2H3. The summed E-state index contributed by atoms with van der Waals surface area (Å²) in [4.78, 5) is 10.2. The number of carbonyl (C=O) groups excluding carboxylic acids is 1. The Balaban J connectivity index is 3.91. The predicted molar refractivity (Wildman–Crippen MR) is 36.8 cm³/mol. The fraction of sp³-hybridized carbons (Fsp3) is 0.250. The van der Waals surface area contributed by atoms with Crippen molar-refractivity contribution in [3.63, 3.8) is 0 Å². The first kappa shape index (κ1) is 7.75. The molecule has 0 spiro atoms. The zero-order valence-corrected chi connectivity index (χ0v) is 5.56. The molecule has 0 aliphatic heterocycles. The van der Waals surface area contributed by atoms with Crippen LogP contribution in [-0.2, 0) is 4.79 Å². The van der Waals surface area contributed by atoms with E-state index >= 15 is 0 Å². The van der Waals surface area contributed by atoms with Gasteiger partial charge in [-0.3, -0.25) is 4.79 Å². The third-order valence-electron chi connectivity index (χ3n) is 0.570. The number of hydrogen-bond donors (Lipinski definition) is 0. The molecule has 0 aromatic heterocycles. The van der Waals surface area contributed by atoms with Gasteiger partial charge in [0.2, 0.25) is 5.78 Å². The number of allylic oxidation sites excluding steroid dienone is 1. The van der Waals surface area contributed by atoms with E-state index in [0.717, 1.165) is 0 Å². The van der Waals surface area contributed by atoms with E-state index in [1.165, 1.54) is 13.0 Å². The lowest BCUT2D eigenvalue weighted by molar-refractivity contribution is -0.111. The summed E-state index contributed by atoms with van der Waals surface area (Å²) in [6.07, 6.45) is 3.25. The molecule has 0 radical (unpaired) electrons. The third kappa shape index (κ3) is 6.75. The SMILES string of the molecule is CC=C=CC#CC(C)=O. The van der Waals surface area contributed by atoms with Crippen molar-refractivity contribution in [1.82, 2.24) is 0 Å². The third-order valence-corrected chi connectivity index (χ3v) is 0.570. The summed E-state index contributed by atoms with van der Waals surface area (Å²) < 4.78 is 0. The maximum Gasteiger partial charge on any atom is 0.202 e. The van der Waals surface area contributed by atoms with Crippen LogP contribution >= 0.6 is 0 Å². The molecule has 46 valence electrons. The summed E-state index contributed by atoms with van der Waals surface area (Å²) in [5.41, 5.74) is 2.73. The van der Waals surface area contributed by atoms with Crippen molar-refractivity contribution in [2.75, 3.05) is 0 Å². The van der Waals surface area contributed by atoms with Gasteiger partial charge in [0.1, 0.15) is 0 Å². The fourth-order valence-corrected chi connectivity index (χ4v) is 0.263. The van der Waals surface area contributed by atoms with Crippen molar-refractivity contribution in [2.24, 2.45) is 0 Å². The zero-order valence-electron chi connectivity index (χ0n) is 5.56. The van der Waals surface area contributed by atoms with E-state index in [0.29, 0.717) is 0 Å². The van der Waals surface area contributed by atoms with Crippen LogP contribution in [0, 0.1) is 11.8 Å². The normalized spacial score (nSPS) is 6.00. The van der Waals surface area contributed by atoms with Gasteiger partial charge in [-0.15, -0.1) is 5.73 Å². The highest BCUT2D eigenvalue weighted by Gasteiger charge is 1.73. The Kier molecular flexibility index (Phi) is 4.22. The van der Waals surface area contributed by atoms with Gasteiger partial charge in [-0.25, -0.2) is 0 Å². The number of ketones is 1. The van der Waals surface area contributed by atoms with Gasteiger partial charge in [0.05, 0.1) is 0 Å². The van der Waals surface area contributed by atoms with Crippen molar-refractivity contribution in [3.8, 4) is 11.8 Å². The molecule has 1 nitrogen and oxygen atoms in total. The highest BCUT2D eigenvalue weighted by Crippen LogP contribution is 1.65. The number of carbonyl (C=O) groups is 1. The Labute approximate surface area is 55.1 Å². The maximum atomic E-state index is 10.2. The number of hydrogen-bond acceptors (Lipinski definition) is 1. The smallest absolute Gasteiger partial charge is 0.202 e. The van der Waals surface area contributed by atoms with Crippen molar-refractivity contribution >= 4 is 5.78 Å². The second-order valence-corrected chi connectivity index (χ2v) is 1.43. The van der Waals surface area contributed by atoms with Crippen LogP contribution in [0.2, 0.25) is 0 Å². The molecule has 0 amide bonds.